The molecule has 10 heteroatoms. The number of rotatable bonds is 2. The Morgan fingerprint density at radius 2 is 1.75 bits per heavy atom. The predicted molar refractivity (Wildman–Crippen MR) is 102 cm³/mol. The molecule has 6 nitrogen and oxygen atoms in total. The molecule has 0 N–H and O–H groups in total. The Labute approximate surface area is 168 Å². The summed E-state index contributed by atoms with van der Waals surface area (Å²) >= 11 is 6.65. The summed E-state index contributed by atoms with van der Waals surface area (Å²) in [5, 5.41) is -0.0391. The van der Waals surface area contributed by atoms with E-state index < -0.39 is 29.0 Å². The van der Waals surface area contributed by atoms with Crippen molar-refractivity contribution >= 4 is 57.6 Å². The van der Waals surface area contributed by atoms with E-state index in [0.717, 1.165) is 28.7 Å². The van der Waals surface area contributed by atoms with Crippen LogP contribution in [-0.2, 0) is 14.4 Å². The highest BCUT2D eigenvalue weighted by Crippen LogP contribution is 2.40. The molecule has 4 rings (SSSR count). The van der Waals surface area contributed by atoms with Crippen LogP contribution in [0.5, 0.6) is 0 Å². The quantitative estimate of drug-likeness (QED) is 0.677. The molecule has 1 aromatic carbocycles. The fourth-order valence-electron chi connectivity index (χ4n) is 3.41. The molecule has 3 aliphatic rings. The van der Waals surface area contributed by atoms with Gasteiger partial charge in [-0.3, -0.25) is 19.3 Å². The molecule has 0 aromatic heterocycles. The first-order valence-corrected chi connectivity index (χ1v) is 9.82. The number of anilines is 1. The van der Waals surface area contributed by atoms with Gasteiger partial charge in [0.05, 0.1) is 16.4 Å². The van der Waals surface area contributed by atoms with E-state index in [1.54, 1.807) is 0 Å². The first-order chi connectivity index (χ1) is 13.3. The van der Waals surface area contributed by atoms with Gasteiger partial charge in [0.25, 0.3) is 17.7 Å². The fourth-order valence-corrected chi connectivity index (χ4v) is 4.45. The van der Waals surface area contributed by atoms with Crippen LogP contribution in [0.2, 0.25) is 5.02 Å². The Hall–Kier alpha value is -2.26. The molecule has 0 saturated carbocycles. The van der Waals surface area contributed by atoms with Crippen LogP contribution in [-0.4, -0.2) is 40.3 Å². The highest BCUT2D eigenvalue weighted by molar-refractivity contribution is 8.15. The van der Waals surface area contributed by atoms with Gasteiger partial charge in [-0.1, -0.05) is 11.6 Å². The third-order valence-corrected chi connectivity index (χ3v) is 6.17. The Morgan fingerprint density at radius 3 is 2.29 bits per heavy atom. The van der Waals surface area contributed by atoms with Crippen LogP contribution in [0.15, 0.2) is 28.3 Å². The largest absolute Gasteiger partial charge is 0.291 e. The predicted octanol–water partition coefficient (Wildman–Crippen LogP) is 3.71. The number of nitrogens with zero attached hydrogens (tertiary/aromatic N) is 3. The van der Waals surface area contributed by atoms with Gasteiger partial charge in [-0.05, 0) is 49.6 Å². The van der Waals surface area contributed by atoms with Gasteiger partial charge in [-0.15, -0.1) is 0 Å². The summed E-state index contributed by atoms with van der Waals surface area (Å²) in [5.74, 6) is -2.68. The van der Waals surface area contributed by atoms with Gasteiger partial charge in [0.15, 0.2) is 5.17 Å². The Kier molecular flexibility index (Phi) is 4.75. The summed E-state index contributed by atoms with van der Waals surface area (Å²) < 4.78 is 28.2. The summed E-state index contributed by atoms with van der Waals surface area (Å²) in [4.78, 5) is 42.9. The molecule has 1 aliphatic carbocycles. The highest BCUT2D eigenvalue weighted by Gasteiger charge is 2.41. The van der Waals surface area contributed by atoms with Crippen molar-refractivity contribution in [3.8, 4) is 0 Å². The number of carbonyl (C=O) groups excluding carboxylic acids is 3. The minimum Gasteiger partial charge on any atom is -0.291 e. The van der Waals surface area contributed by atoms with Crippen molar-refractivity contribution in [1.29, 1.82) is 0 Å². The number of aliphatic imine (C=N–C) groups is 1. The van der Waals surface area contributed by atoms with Gasteiger partial charge in [0.1, 0.15) is 5.82 Å². The zero-order valence-corrected chi connectivity index (χ0v) is 16.2. The summed E-state index contributed by atoms with van der Waals surface area (Å²) in [5.41, 5.74) is -1.16. The molecule has 3 amide bonds. The fraction of sp³-hybridized carbons (Fsp3) is 0.333. The van der Waals surface area contributed by atoms with Crippen molar-refractivity contribution in [2.75, 3.05) is 11.9 Å². The molecule has 1 saturated heterocycles. The lowest BCUT2D eigenvalue weighted by Crippen LogP contribution is -2.32. The Bertz CT molecular complexity index is 967. The standard InChI is InChI=1S/C18H14ClF2N3O3S/c1-23-17(27)14(21)28-18(23)22-12-7-13(11(20)6-10(12)19)24-15(25)8-4-2-3-5-9(8)16(24)26/h6-7,14H,2-5H2,1H3. The van der Waals surface area contributed by atoms with Crippen LogP contribution in [0.1, 0.15) is 25.7 Å². The molecule has 146 valence electrons. The second kappa shape index (κ2) is 6.97. The summed E-state index contributed by atoms with van der Waals surface area (Å²) in [7, 11) is 1.36. The van der Waals surface area contributed by atoms with Gasteiger partial charge >= 0.3 is 0 Å². The van der Waals surface area contributed by atoms with Crippen molar-refractivity contribution in [2.45, 2.75) is 31.2 Å². The van der Waals surface area contributed by atoms with Crippen LogP contribution in [0.25, 0.3) is 0 Å². The number of amides is 3. The van der Waals surface area contributed by atoms with Crippen molar-refractivity contribution in [1.82, 2.24) is 4.90 Å². The molecule has 28 heavy (non-hydrogen) atoms. The number of amidine groups is 1. The molecule has 0 spiro atoms. The highest BCUT2D eigenvalue weighted by atomic mass is 35.5. The number of halogens is 3. The number of carbonyl (C=O) groups is 3. The zero-order valence-electron chi connectivity index (χ0n) is 14.7. The maximum Gasteiger partial charge on any atom is 0.273 e. The van der Waals surface area contributed by atoms with E-state index in [1.807, 2.05) is 0 Å². The molecule has 1 fully saturated rings. The number of hydrogen-bond acceptors (Lipinski definition) is 5. The van der Waals surface area contributed by atoms with Crippen molar-refractivity contribution in [3.05, 3.63) is 34.1 Å². The lowest BCUT2D eigenvalue weighted by atomic mass is 9.93. The van der Waals surface area contributed by atoms with E-state index in [4.69, 9.17) is 11.6 Å². The summed E-state index contributed by atoms with van der Waals surface area (Å²) in [6, 6.07) is 2.12. The van der Waals surface area contributed by atoms with Crippen LogP contribution >= 0.6 is 23.4 Å². The van der Waals surface area contributed by atoms with Crippen molar-refractivity contribution < 1.29 is 23.2 Å². The van der Waals surface area contributed by atoms with Gasteiger partial charge < -0.3 is 0 Å². The lowest BCUT2D eigenvalue weighted by Gasteiger charge is -2.17. The van der Waals surface area contributed by atoms with Crippen LogP contribution in [0.3, 0.4) is 0 Å². The second-order valence-corrected chi connectivity index (χ2v) is 8.01. The van der Waals surface area contributed by atoms with Gasteiger partial charge in [-0.2, -0.15) is 0 Å². The van der Waals surface area contributed by atoms with Crippen LogP contribution in [0, 0.1) is 5.82 Å². The summed E-state index contributed by atoms with van der Waals surface area (Å²) in [6.45, 7) is 0. The molecule has 0 radical (unpaired) electrons. The zero-order chi connectivity index (χ0) is 20.2. The molecule has 2 heterocycles. The number of imide groups is 1. The number of benzene rings is 1. The lowest BCUT2D eigenvalue weighted by molar-refractivity contribution is -0.127. The Balaban J connectivity index is 1.74. The SMILES string of the molecule is CN1C(=O)C(F)SC1=Nc1cc(N2C(=O)C3=C(CCCC3)C2=O)c(F)cc1Cl. The van der Waals surface area contributed by atoms with Crippen LogP contribution in [0.4, 0.5) is 20.2 Å². The van der Waals surface area contributed by atoms with E-state index in [-0.39, 0.29) is 21.6 Å². The molecule has 1 unspecified atom stereocenters. The third-order valence-electron chi connectivity index (χ3n) is 4.88. The third kappa shape index (κ3) is 2.93. The number of thioether (sulfide) groups is 1. The van der Waals surface area contributed by atoms with E-state index in [0.29, 0.717) is 35.7 Å². The van der Waals surface area contributed by atoms with Crippen molar-refractivity contribution in [3.63, 3.8) is 0 Å². The van der Waals surface area contributed by atoms with Crippen LogP contribution < -0.4 is 4.90 Å². The molecule has 1 atom stereocenters. The summed E-state index contributed by atoms with van der Waals surface area (Å²) in [6.07, 6.45) is 2.58. The second-order valence-electron chi connectivity index (χ2n) is 6.59. The maximum absolute atomic E-state index is 14.6. The van der Waals surface area contributed by atoms with Crippen molar-refractivity contribution in [2.24, 2.45) is 4.99 Å². The van der Waals surface area contributed by atoms with E-state index in [2.05, 4.69) is 4.99 Å². The minimum atomic E-state index is -1.78. The average molecular weight is 426 g/mol. The number of alkyl halides is 1. The van der Waals surface area contributed by atoms with E-state index >= 15 is 0 Å². The first kappa shape index (κ1) is 19.1. The van der Waals surface area contributed by atoms with Gasteiger partial charge in [0.2, 0.25) is 5.50 Å². The topological polar surface area (TPSA) is 70.1 Å². The van der Waals surface area contributed by atoms with Gasteiger partial charge in [-0.25, -0.2) is 18.7 Å². The minimum absolute atomic E-state index is 0.0276. The molecular formula is C18H14ClF2N3O3S. The smallest absolute Gasteiger partial charge is 0.273 e. The average Bonchev–Trinajstić information content (AvgIpc) is 3.06. The number of hydrogen-bond donors (Lipinski definition) is 0. The molecule has 1 aromatic rings. The normalized spacial score (nSPS) is 24.1. The molecule has 0 bridgehead atoms. The molecular weight excluding hydrogens is 412 g/mol. The first-order valence-electron chi connectivity index (χ1n) is 8.56. The van der Waals surface area contributed by atoms with E-state index in [9.17, 15) is 23.2 Å². The Morgan fingerprint density at radius 1 is 1.14 bits per heavy atom. The molecule has 2 aliphatic heterocycles. The van der Waals surface area contributed by atoms with Gasteiger partial charge in [0, 0.05) is 18.2 Å². The monoisotopic (exact) mass is 425 g/mol. The maximum atomic E-state index is 14.6. The van der Waals surface area contributed by atoms with E-state index in [1.165, 1.54) is 13.1 Å².